The fraction of sp³-hybridized carbons (Fsp3) is 0.182. The maximum Gasteiger partial charge on any atom is 0.338 e. The number of esters is 2. The van der Waals surface area contributed by atoms with Crippen molar-refractivity contribution >= 4 is 52.0 Å². The number of hydrogen-bond acceptors (Lipinski definition) is 9. The molecular weight excluding hydrogens is 618 g/mol. The first kappa shape index (κ1) is 30.0. The summed E-state index contributed by atoms with van der Waals surface area (Å²) in [5, 5.41) is 0.525. The van der Waals surface area contributed by atoms with Gasteiger partial charge in [0.2, 0.25) is 0 Å². The molecule has 1 aromatic heterocycles. The van der Waals surface area contributed by atoms with Crippen LogP contribution in [0.4, 0.5) is 5.69 Å². The molecule has 3 aromatic carbocycles. The van der Waals surface area contributed by atoms with E-state index in [-0.39, 0.29) is 39.6 Å². The number of fused-ring (bicyclic) bond motifs is 2. The van der Waals surface area contributed by atoms with E-state index >= 15 is 0 Å². The minimum Gasteiger partial charge on any atom is -0.493 e. The van der Waals surface area contributed by atoms with Gasteiger partial charge in [-0.2, -0.15) is 0 Å². The standard InChI is InChI=1S/C33H26ClN3O7S/c1-17-26(32(41)43-4)28(19-13-14-24(44-18(2)38)25(15-19)42-3)37-31(40)29(45-33(37)35-17)27-21-10-6-8-12-23(21)36(30(27)39)16-20-9-5-7-11-22(20)34/h5-15,28H,16H2,1-4H3. The Morgan fingerprint density at radius 1 is 1.00 bits per heavy atom. The number of aromatic nitrogens is 1. The van der Waals surface area contributed by atoms with E-state index in [4.69, 9.17) is 25.8 Å². The summed E-state index contributed by atoms with van der Waals surface area (Å²) in [4.78, 5) is 59.8. The molecule has 228 valence electrons. The highest BCUT2D eigenvalue weighted by atomic mass is 35.5. The fourth-order valence-corrected chi connectivity index (χ4v) is 6.94. The third-order valence-electron chi connectivity index (χ3n) is 7.60. The summed E-state index contributed by atoms with van der Waals surface area (Å²) in [6.07, 6.45) is 0. The Morgan fingerprint density at radius 2 is 1.73 bits per heavy atom. The molecular formula is C33H26ClN3O7S. The van der Waals surface area contributed by atoms with Gasteiger partial charge in [-0.1, -0.05) is 65.4 Å². The Labute approximate surface area is 266 Å². The lowest BCUT2D eigenvalue weighted by Gasteiger charge is -2.25. The zero-order valence-corrected chi connectivity index (χ0v) is 26.2. The van der Waals surface area contributed by atoms with Crippen molar-refractivity contribution in [2.75, 3.05) is 19.1 Å². The van der Waals surface area contributed by atoms with Crippen LogP contribution < -0.4 is 29.3 Å². The van der Waals surface area contributed by atoms with Gasteiger partial charge in [0.25, 0.3) is 11.5 Å². The number of hydrogen-bond donors (Lipinski definition) is 0. The number of para-hydroxylation sites is 1. The summed E-state index contributed by atoms with van der Waals surface area (Å²) in [5.74, 6) is -1.16. The number of halogens is 1. The van der Waals surface area contributed by atoms with E-state index in [2.05, 4.69) is 4.99 Å². The molecule has 0 N–H and O–H groups in total. The molecule has 0 aliphatic carbocycles. The highest BCUT2D eigenvalue weighted by molar-refractivity contribution is 7.07. The van der Waals surface area contributed by atoms with E-state index < -0.39 is 23.5 Å². The number of amides is 1. The van der Waals surface area contributed by atoms with Gasteiger partial charge in [0.15, 0.2) is 16.3 Å². The van der Waals surface area contributed by atoms with Crippen molar-refractivity contribution in [3.8, 4) is 11.5 Å². The second-order valence-electron chi connectivity index (χ2n) is 10.3. The quantitative estimate of drug-likeness (QED) is 0.231. The zero-order valence-electron chi connectivity index (χ0n) is 24.6. The number of anilines is 1. The van der Waals surface area contributed by atoms with Crippen LogP contribution in [0, 0.1) is 0 Å². The molecule has 0 bridgehead atoms. The molecule has 1 unspecified atom stereocenters. The lowest BCUT2D eigenvalue weighted by atomic mass is 9.95. The molecule has 2 aliphatic heterocycles. The summed E-state index contributed by atoms with van der Waals surface area (Å²) in [7, 11) is 2.66. The Morgan fingerprint density at radius 3 is 2.44 bits per heavy atom. The molecule has 0 fully saturated rings. The number of rotatable bonds is 6. The monoisotopic (exact) mass is 643 g/mol. The van der Waals surface area contributed by atoms with Crippen molar-refractivity contribution < 1.29 is 28.6 Å². The molecule has 4 aromatic rings. The van der Waals surface area contributed by atoms with Crippen LogP contribution in [-0.4, -0.2) is 36.6 Å². The van der Waals surface area contributed by atoms with Crippen molar-refractivity contribution in [1.29, 1.82) is 0 Å². The van der Waals surface area contributed by atoms with E-state index in [0.717, 1.165) is 16.9 Å². The van der Waals surface area contributed by atoms with Crippen LogP contribution in [0.1, 0.15) is 36.6 Å². The van der Waals surface area contributed by atoms with Gasteiger partial charge in [-0.15, -0.1) is 0 Å². The number of thiazole rings is 1. The van der Waals surface area contributed by atoms with Crippen LogP contribution in [0.25, 0.3) is 5.57 Å². The molecule has 12 heteroatoms. The highest BCUT2D eigenvalue weighted by Gasteiger charge is 2.37. The van der Waals surface area contributed by atoms with Gasteiger partial charge in [-0.05, 0) is 42.3 Å². The minimum absolute atomic E-state index is 0.141. The van der Waals surface area contributed by atoms with Gasteiger partial charge in [0, 0.05) is 17.5 Å². The minimum atomic E-state index is -0.977. The van der Waals surface area contributed by atoms with Crippen LogP contribution in [0.2, 0.25) is 5.02 Å². The molecule has 3 heterocycles. The first-order chi connectivity index (χ1) is 21.6. The predicted octanol–water partition coefficient (Wildman–Crippen LogP) is 3.91. The average molecular weight is 644 g/mol. The van der Waals surface area contributed by atoms with E-state index in [1.54, 1.807) is 42.2 Å². The first-order valence-corrected chi connectivity index (χ1v) is 15.0. The Bertz CT molecular complexity index is 2130. The topological polar surface area (TPSA) is 117 Å². The second-order valence-corrected chi connectivity index (χ2v) is 11.7. The van der Waals surface area contributed by atoms with Crippen molar-refractivity contribution in [2.24, 2.45) is 4.99 Å². The van der Waals surface area contributed by atoms with Crippen LogP contribution in [-0.2, 0) is 25.7 Å². The molecule has 0 saturated heterocycles. The normalized spacial score (nSPS) is 16.6. The lowest BCUT2D eigenvalue weighted by Crippen LogP contribution is -2.40. The molecule has 1 amide bonds. The third-order valence-corrected chi connectivity index (χ3v) is 9.02. The van der Waals surface area contributed by atoms with Crippen LogP contribution in [0.3, 0.4) is 0 Å². The van der Waals surface area contributed by atoms with Crippen molar-refractivity contribution in [3.63, 3.8) is 0 Å². The maximum atomic E-state index is 14.4. The SMILES string of the molecule is COC(=O)C1=C(C)N=c2sc(=C3C(=O)N(Cc4ccccc4Cl)c4ccccc43)c(=O)n2C1c1ccc(OC(C)=O)c(OC)c1. The van der Waals surface area contributed by atoms with Crippen LogP contribution in [0.5, 0.6) is 11.5 Å². The smallest absolute Gasteiger partial charge is 0.338 e. The van der Waals surface area contributed by atoms with Gasteiger partial charge in [-0.25, -0.2) is 9.79 Å². The number of benzene rings is 3. The van der Waals surface area contributed by atoms with Gasteiger partial charge in [-0.3, -0.25) is 19.0 Å². The molecule has 1 atom stereocenters. The van der Waals surface area contributed by atoms with Gasteiger partial charge in [0.1, 0.15) is 4.53 Å². The van der Waals surface area contributed by atoms with E-state index in [1.807, 2.05) is 30.3 Å². The summed E-state index contributed by atoms with van der Waals surface area (Å²) >= 11 is 7.50. The Kier molecular flexibility index (Phi) is 7.90. The Balaban J connectivity index is 1.57. The molecule has 45 heavy (non-hydrogen) atoms. The second kappa shape index (κ2) is 11.8. The van der Waals surface area contributed by atoms with Gasteiger partial charge >= 0.3 is 11.9 Å². The summed E-state index contributed by atoms with van der Waals surface area (Å²) < 4.78 is 17.4. The zero-order chi connectivity index (χ0) is 32.0. The molecule has 10 nitrogen and oxygen atoms in total. The molecule has 0 spiro atoms. The number of methoxy groups -OCH3 is 2. The predicted molar refractivity (Wildman–Crippen MR) is 168 cm³/mol. The number of carbonyl (C=O) groups is 3. The molecule has 6 rings (SSSR count). The van der Waals surface area contributed by atoms with E-state index in [1.165, 1.54) is 31.8 Å². The molecule has 2 aliphatic rings. The number of nitrogens with zero attached hydrogens (tertiary/aromatic N) is 3. The third kappa shape index (κ3) is 5.13. The summed E-state index contributed by atoms with van der Waals surface area (Å²) in [5.41, 5.74) is 2.73. The van der Waals surface area contributed by atoms with Crippen LogP contribution in [0.15, 0.2) is 87.8 Å². The molecule has 0 radical (unpaired) electrons. The maximum absolute atomic E-state index is 14.4. The van der Waals surface area contributed by atoms with E-state index in [9.17, 15) is 19.2 Å². The number of ether oxygens (including phenoxy) is 3. The van der Waals surface area contributed by atoms with Crippen molar-refractivity contribution in [1.82, 2.24) is 4.57 Å². The number of allylic oxidation sites excluding steroid dienone is 1. The summed E-state index contributed by atoms with van der Waals surface area (Å²) in [6.45, 7) is 3.14. The first-order valence-electron chi connectivity index (χ1n) is 13.8. The van der Waals surface area contributed by atoms with Crippen LogP contribution >= 0.6 is 22.9 Å². The fourth-order valence-electron chi connectivity index (χ4n) is 5.61. The number of carbonyl (C=O) groups excluding carboxylic acids is 3. The van der Waals surface area contributed by atoms with Crippen molar-refractivity contribution in [2.45, 2.75) is 26.4 Å². The lowest BCUT2D eigenvalue weighted by molar-refractivity contribution is -0.136. The highest BCUT2D eigenvalue weighted by Crippen LogP contribution is 2.38. The molecule has 0 saturated carbocycles. The van der Waals surface area contributed by atoms with Gasteiger partial charge < -0.3 is 19.1 Å². The largest absolute Gasteiger partial charge is 0.493 e. The summed E-state index contributed by atoms with van der Waals surface area (Å²) in [6, 6.07) is 18.3. The Hall–Kier alpha value is -5.00. The van der Waals surface area contributed by atoms with E-state index in [0.29, 0.717) is 32.3 Å². The average Bonchev–Trinajstić information content (AvgIpc) is 3.49. The van der Waals surface area contributed by atoms with Gasteiger partial charge in [0.05, 0.1) is 49.3 Å². The van der Waals surface area contributed by atoms with Crippen molar-refractivity contribution in [3.05, 3.63) is 119 Å².